The molecule has 2 heterocycles. The van der Waals surface area contributed by atoms with E-state index in [2.05, 4.69) is 15.3 Å². The van der Waals surface area contributed by atoms with E-state index in [4.69, 9.17) is 4.42 Å². The van der Waals surface area contributed by atoms with Crippen LogP contribution in [0.1, 0.15) is 30.3 Å². The zero-order chi connectivity index (χ0) is 11.5. The number of hydrogen-bond acceptors (Lipinski definition) is 4. The minimum atomic E-state index is 0.1000. The van der Waals surface area contributed by atoms with Gasteiger partial charge in [-0.25, -0.2) is 9.97 Å². The third-order valence-electron chi connectivity index (χ3n) is 2.33. The van der Waals surface area contributed by atoms with Gasteiger partial charge in [0, 0.05) is 6.20 Å². The Hall–Kier alpha value is -1.84. The van der Waals surface area contributed by atoms with Crippen LogP contribution >= 0.6 is 0 Å². The summed E-state index contributed by atoms with van der Waals surface area (Å²) in [6.45, 7) is 5.84. The Balaban J connectivity index is 2.10. The van der Waals surface area contributed by atoms with E-state index in [9.17, 15) is 0 Å². The van der Waals surface area contributed by atoms with E-state index in [0.717, 1.165) is 23.2 Å². The maximum Gasteiger partial charge on any atom is 0.130 e. The highest BCUT2D eigenvalue weighted by atomic mass is 16.3. The predicted molar refractivity (Wildman–Crippen MR) is 62.3 cm³/mol. The van der Waals surface area contributed by atoms with Crippen LogP contribution in [0.4, 0.5) is 5.82 Å². The molecule has 0 aliphatic heterocycles. The van der Waals surface area contributed by atoms with Gasteiger partial charge < -0.3 is 9.73 Å². The van der Waals surface area contributed by atoms with E-state index in [1.165, 1.54) is 0 Å². The highest BCUT2D eigenvalue weighted by molar-refractivity contribution is 5.35. The number of nitrogens with zero attached hydrogens (tertiary/aromatic N) is 2. The van der Waals surface area contributed by atoms with Crippen LogP contribution < -0.4 is 5.32 Å². The topological polar surface area (TPSA) is 51.0 Å². The lowest BCUT2D eigenvalue weighted by molar-refractivity contribution is 0.466. The summed E-state index contributed by atoms with van der Waals surface area (Å²) in [4.78, 5) is 8.33. The zero-order valence-electron chi connectivity index (χ0n) is 9.69. The third kappa shape index (κ3) is 2.39. The minimum absolute atomic E-state index is 0.1000. The summed E-state index contributed by atoms with van der Waals surface area (Å²) >= 11 is 0. The van der Waals surface area contributed by atoms with Gasteiger partial charge in [0.2, 0.25) is 0 Å². The largest absolute Gasteiger partial charge is 0.464 e. The van der Waals surface area contributed by atoms with Crippen LogP contribution in [0.5, 0.6) is 0 Å². The highest BCUT2D eigenvalue weighted by Gasteiger charge is 2.09. The summed E-state index contributed by atoms with van der Waals surface area (Å²) < 4.78 is 5.54. The molecule has 1 N–H and O–H groups in total. The molecule has 1 unspecified atom stereocenters. The molecule has 0 aliphatic carbocycles. The number of aromatic nitrogens is 2. The van der Waals surface area contributed by atoms with Crippen molar-refractivity contribution in [1.82, 2.24) is 9.97 Å². The highest BCUT2D eigenvalue weighted by Crippen LogP contribution is 2.19. The Labute approximate surface area is 94.7 Å². The number of anilines is 1. The van der Waals surface area contributed by atoms with Gasteiger partial charge in [-0.05, 0) is 39.0 Å². The van der Waals surface area contributed by atoms with Gasteiger partial charge in [-0.15, -0.1) is 0 Å². The summed E-state index contributed by atoms with van der Waals surface area (Å²) in [5.74, 6) is 3.40. The summed E-state index contributed by atoms with van der Waals surface area (Å²) in [5, 5.41) is 3.27. The fourth-order valence-corrected chi connectivity index (χ4v) is 1.52. The Bertz CT molecular complexity index is 479. The van der Waals surface area contributed by atoms with E-state index in [1.807, 2.05) is 39.0 Å². The molecular weight excluding hydrogens is 202 g/mol. The molecule has 0 amide bonds. The molecular formula is C12H15N3O. The van der Waals surface area contributed by atoms with E-state index in [1.54, 1.807) is 6.20 Å². The lowest BCUT2D eigenvalue weighted by Crippen LogP contribution is -2.07. The first-order valence-corrected chi connectivity index (χ1v) is 5.27. The molecule has 0 fully saturated rings. The molecule has 2 rings (SSSR count). The molecule has 0 radical (unpaired) electrons. The summed E-state index contributed by atoms with van der Waals surface area (Å²) in [6.07, 6.45) is 1.74. The van der Waals surface area contributed by atoms with Crippen molar-refractivity contribution in [3.05, 3.63) is 41.7 Å². The molecule has 4 nitrogen and oxygen atoms in total. The fourth-order valence-electron chi connectivity index (χ4n) is 1.52. The lowest BCUT2D eigenvalue weighted by Gasteiger charge is -2.11. The Kier molecular flexibility index (Phi) is 2.90. The third-order valence-corrected chi connectivity index (χ3v) is 2.33. The number of aryl methyl sites for hydroxylation is 2. The van der Waals surface area contributed by atoms with Crippen molar-refractivity contribution < 1.29 is 4.42 Å². The SMILES string of the molecule is Cc1nccc(NC(C)c2ccc(C)o2)n1. The average molecular weight is 217 g/mol. The molecule has 1 atom stereocenters. The maximum absolute atomic E-state index is 5.54. The first-order chi connectivity index (χ1) is 7.65. The Morgan fingerprint density at radius 2 is 2.06 bits per heavy atom. The van der Waals surface area contributed by atoms with E-state index < -0.39 is 0 Å². The standard InChI is InChI=1S/C12H15N3O/c1-8-4-5-11(16-8)9(2)14-12-6-7-13-10(3)15-12/h4-7,9H,1-3H3,(H,13,14,15). The van der Waals surface area contributed by atoms with Crippen LogP contribution in [-0.2, 0) is 0 Å². The van der Waals surface area contributed by atoms with Crippen molar-refractivity contribution in [2.24, 2.45) is 0 Å². The van der Waals surface area contributed by atoms with Gasteiger partial charge in [-0.2, -0.15) is 0 Å². The monoisotopic (exact) mass is 217 g/mol. The van der Waals surface area contributed by atoms with Gasteiger partial charge >= 0.3 is 0 Å². The summed E-state index contributed by atoms with van der Waals surface area (Å²) in [7, 11) is 0. The molecule has 0 aromatic carbocycles. The molecule has 16 heavy (non-hydrogen) atoms. The lowest BCUT2D eigenvalue weighted by atomic mass is 10.2. The van der Waals surface area contributed by atoms with Crippen molar-refractivity contribution in [2.75, 3.05) is 5.32 Å². The molecule has 0 spiro atoms. The van der Waals surface area contributed by atoms with Crippen molar-refractivity contribution in [3.8, 4) is 0 Å². The van der Waals surface area contributed by atoms with Crippen molar-refractivity contribution in [1.29, 1.82) is 0 Å². The Morgan fingerprint density at radius 3 is 2.69 bits per heavy atom. The molecule has 0 saturated carbocycles. The van der Waals surface area contributed by atoms with Crippen LogP contribution in [0, 0.1) is 13.8 Å². The van der Waals surface area contributed by atoms with Crippen LogP contribution in [0.25, 0.3) is 0 Å². The number of nitrogens with one attached hydrogen (secondary N) is 1. The van der Waals surface area contributed by atoms with Crippen LogP contribution in [0.3, 0.4) is 0 Å². The molecule has 84 valence electrons. The van der Waals surface area contributed by atoms with Gasteiger partial charge in [0.15, 0.2) is 0 Å². The minimum Gasteiger partial charge on any atom is -0.464 e. The molecule has 4 heteroatoms. The van der Waals surface area contributed by atoms with Gasteiger partial charge in [-0.1, -0.05) is 0 Å². The second-order valence-corrected chi connectivity index (χ2v) is 3.80. The predicted octanol–water partition coefficient (Wildman–Crippen LogP) is 2.86. The van der Waals surface area contributed by atoms with Crippen LogP contribution in [0.2, 0.25) is 0 Å². The second-order valence-electron chi connectivity index (χ2n) is 3.80. The first-order valence-electron chi connectivity index (χ1n) is 5.27. The summed E-state index contributed by atoms with van der Waals surface area (Å²) in [6, 6.07) is 5.88. The number of rotatable bonds is 3. The second kappa shape index (κ2) is 4.35. The van der Waals surface area contributed by atoms with E-state index in [-0.39, 0.29) is 6.04 Å². The normalized spacial score (nSPS) is 12.4. The van der Waals surface area contributed by atoms with Gasteiger partial charge in [0.05, 0.1) is 6.04 Å². The number of hydrogen-bond donors (Lipinski definition) is 1. The quantitative estimate of drug-likeness (QED) is 0.858. The van der Waals surface area contributed by atoms with Gasteiger partial charge in [0.1, 0.15) is 23.2 Å². The van der Waals surface area contributed by atoms with E-state index >= 15 is 0 Å². The molecule has 2 aromatic rings. The number of furan rings is 1. The zero-order valence-corrected chi connectivity index (χ0v) is 9.69. The Morgan fingerprint density at radius 1 is 1.25 bits per heavy atom. The smallest absolute Gasteiger partial charge is 0.130 e. The fraction of sp³-hybridized carbons (Fsp3) is 0.333. The van der Waals surface area contributed by atoms with E-state index in [0.29, 0.717) is 0 Å². The van der Waals surface area contributed by atoms with Crippen molar-refractivity contribution in [2.45, 2.75) is 26.8 Å². The molecule has 0 aliphatic rings. The van der Waals surface area contributed by atoms with Crippen molar-refractivity contribution in [3.63, 3.8) is 0 Å². The average Bonchev–Trinajstić information content (AvgIpc) is 2.65. The van der Waals surface area contributed by atoms with Gasteiger partial charge in [0.25, 0.3) is 0 Å². The van der Waals surface area contributed by atoms with Gasteiger partial charge in [-0.3, -0.25) is 0 Å². The molecule has 2 aromatic heterocycles. The molecule has 0 saturated heterocycles. The first kappa shape index (κ1) is 10.7. The van der Waals surface area contributed by atoms with Crippen molar-refractivity contribution >= 4 is 5.82 Å². The van der Waals surface area contributed by atoms with Crippen LogP contribution in [-0.4, -0.2) is 9.97 Å². The maximum atomic E-state index is 5.54. The van der Waals surface area contributed by atoms with Crippen LogP contribution in [0.15, 0.2) is 28.8 Å². The molecule has 0 bridgehead atoms. The summed E-state index contributed by atoms with van der Waals surface area (Å²) in [5.41, 5.74) is 0.